The van der Waals surface area contributed by atoms with Crippen LogP contribution in [0, 0.1) is 0 Å². The topological polar surface area (TPSA) is 119 Å². The van der Waals surface area contributed by atoms with Crippen LogP contribution in [0.15, 0.2) is 118 Å². The van der Waals surface area contributed by atoms with Crippen LogP contribution in [-0.2, 0) is 19.5 Å². The van der Waals surface area contributed by atoms with Gasteiger partial charge in [-0.1, -0.05) is 84.9 Å². The van der Waals surface area contributed by atoms with Crippen LogP contribution in [0.2, 0.25) is 0 Å². The third-order valence-electron chi connectivity index (χ3n) is 10.7. The van der Waals surface area contributed by atoms with Gasteiger partial charge in [-0.2, -0.15) is 0 Å². The number of piperazine rings is 2. The highest BCUT2D eigenvalue weighted by molar-refractivity contribution is 5.35. The number of benzene rings is 4. The first-order valence-corrected chi connectivity index (χ1v) is 18.2. The predicted octanol–water partition coefficient (Wildman–Crippen LogP) is 2.93. The summed E-state index contributed by atoms with van der Waals surface area (Å²) in [5.41, 5.74) is 7.33. The first kappa shape index (κ1) is 34.7. The summed E-state index contributed by atoms with van der Waals surface area (Å²) in [5, 5.41) is 33.9. The second kappa shape index (κ2) is 15.3. The number of likely N-dealkylation sites (N-methyl/N-ethyl adjacent to an activating group) is 2. The fourth-order valence-corrected chi connectivity index (χ4v) is 7.59. The number of aromatic nitrogens is 4. The third-order valence-corrected chi connectivity index (χ3v) is 10.7. The zero-order valence-corrected chi connectivity index (χ0v) is 30.1. The van der Waals surface area contributed by atoms with Gasteiger partial charge in [0.2, 0.25) is 11.4 Å². The smallest absolute Gasteiger partial charge is 0.254 e. The van der Waals surface area contributed by atoms with Gasteiger partial charge in [0.15, 0.2) is 11.9 Å². The Kier molecular flexibility index (Phi) is 10.0. The summed E-state index contributed by atoms with van der Waals surface area (Å²) >= 11 is 0. The van der Waals surface area contributed by atoms with Crippen LogP contribution in [0.3, 0.4) is 0 Å². The minimum absolute atomic E-state index is 0.248. The third kappa shape index (κ3) is 7.58. The molecule has 2 aliphatic heterocycles. The monoisotopic (exact) mass is 712 g/mol. The Bertz CT molecular complexity index is 1950. The molecular formula is C41H44N8O4. The molecule has 2 fully saturated rings. The van der Waals surface area contributed by atoms with Crippen molar-refractivity contribution in [3.05, 3.63) is 143 Å². The van der Waals surface area contributed by atoms with Crippen LogP contribution < -0.4 is 19.6 Å². The van der Waals surface area contributed by atoms with E-state index in [4.69, 9.17) is 9.05 Å². The summed E-state index contributed by atoms with van der Waals surface area (Å²) in [4.78, 5) is 9.32. The van der Waals surface area contributed by atoms with E-state index >= 15 is 0 Å². The molecule has 0 spiro atoms. The Morgan fingerprint density at radius 3 is 1.36 bits per heavy atom. The molecule has 6 aromatic rings. The summed E-state index contributed by atoms with van der Waals surface area (Å²) in [6.45, 7) is 6.03. The van der Waals surface area contributed by atoms with E-state index in [-0.39, 0.29) is 12.1 Å². The van der Waals surface area contributed by atoms with Crippen molar-refractivity contribution in [1.82, 2.24) is 30.1 Å². The lowest BCUT2D eigenvalue weighted by Gasteiger charge is -2.39. The molecule has 12 nitrogen and oxygen atoms in total. The lowest BCUT2D eigenvalue weighted by atomic mass is 10.0. The van der Waals surface area contributed by atoms with Crippen LogP contribution in [0.1, 0.15) is 45.7 Å². The molecule has 12 heteroatoms. The van der Waals surface area contributed by atoms with E-state index < -0.39 is 11.9 Å². The van der Waals surface area contributed by atoms with Gasteiger partial charge in [-0.05, 0) is 52.1 Å². The molecule has 0 amide bonds. The maximum Gasteiger partial charge on any atom is 0.254 e. The first-order chi connectivity index (χ1) is 25.9. The Morgan fingerprint density at radius 1 is 0.566 bits per heavy atom. The van der Waals surface area contributed by atoms with Crippen molar-refractivity contribution < 1.29 is 28.6 Å². The number of rotatable bonds is 10. The minimum Gasteiger partial charge on any atom is -0.539 e. The number of hydrogen-bond acceptors (Lipinski definition) is 10. The van der Waals surface area contributed by atoms with Gasteiger partial charge in [0.05, 0.1) is 23.6 Å². The summed E-state index contributed by atoms with van der Waals surface area (Å²) in [7, 11) is 4.30. The van der Waals surface area contributed by atoms with Crippen LogP contribution in [0.4, 0.5) is 0 Å². The molecule has 0 N–H and O–H groups in total. The molecule has 0 aliphatic carbocycles. The van der Waals surface area contributed by atoms with Crippen molar-refractivity contribution in [3.63, 3.8) is 0 Å². The fraction of sp³-hybridized carbons (Fsp3) is 0.317. The van der Waals surface area contributed by atoms with Gasteiger partial charge >= 0.3 is 0 Å². The Morgan fingerprint density at radius 2 is 0.962 bits per heavy atom. The molecule has 4 aromatic carbocycles. The molecule has 2 aliphatic rings. The predicted molar refractivity (Wildman–Crippen MR) is 192 cm³/mol. The highest BCUT2D eigenvalue weighted by atomic mass is 16.6. The van der Waals surface area contributed by atoms with E-state index in [9.17, 15) is 10.2 Å². The van der Waals surface area contributed by atoms with Crippen molar-refractivity contribution in [2.45, 2.75) is 31.6 Å². The van der Waals surface area contributed by atoms with Gasteiger partial charge in [0.1, 0.15) is 0 Å². The van der Waals surface area contributed by atoms with Gasteiger partial charge in [-0.25, -0.2) is 0 Å². The van der Waals surface area contributed by atoms with Crippen molar-refractivity contribution in [2.24, 2.45) is 0 Å². The van der Waals surface area contributed by atoms with Gasteiger partial charge in [-0.3, -0.25) is 19.6 Å². The summed E-state index contributed by atoms with van der Waals surface area (Å²) in [6, 6.07) is 37.6. The van der Waals surface area contributed by atoms with Gasteiger partial charge in [0, 0.05) is 75.6 Å². The van der Waals surface area contributed by atoms with E-state index in [0.29, 0.717) is 30.9 Å². The summed E-state index contributed by atoms with van der Waals surface area (Å²) < 4.78 is 13.6. The van der Waals surface area contributed by atoms with Crippen LogP contribution in [0.25, 0.3) is 11.4 Å². The SMILES string of the molecule is CN1CCN(Cc2c([O-])on[n+]2-c2ccc(Cc3ccc(-[n+]4noc([O-])c4CN4CCN(C)C(c5ccccc5)C4)cc3)cc2)CC1c1ccccc1. The van der Waals surface area contributed by atoms with E-state index in [1.54, 1.807) is 9.36 Å². The standard InChI is InChI=1S/C41H44N8O4/c1-44-21-23-46(26-36(44)32-9-5-3-6-10-32)28-38-40(50)52-42-48(38)34-17-13-30(14-18-34)25-31-15-19-35(20-16-31)49-39(41(51)53-43-49)29-47-24-22-45(2)37(27-47)33-11-7-4-8-12-33/h3-20,36-37H,21-29H2,1-2H3. The zero-order chi connectivity index (χ0) is 36.3. The lowest BCUT2D eigenvalue weighted by Crippen LogP contribution is -2.48. The second-order valence-electron chi connectivity index (χ2n) is 14.2. The highest BCUT2D eigenvalue weighted by Gasteiger charge is 2.31. The van der Waals surface area contributed by atoms with E-state index in [2.05, 4.69) is 92.8 Å². The van der Waals surface area contributed by atoms with E-state index in [1.165, 1.54) is 11.1 Å². The van der Waals surface area contributed by atoms with Crippen LogP contribution in [-0.4, -0.2) is 83.5 Å². The van der Waals surface area contributed by atoms with E-state index in [0.717, 1.165) is 61.8 Å². The molecule has 4 heterocycles. The van der Waals surface area contributed by atoms with Crippen molar-refractivity contribution in [3.8, 4) is 23.3 Å². The fourth-order valence-electron chi connectivity index (χ4n) is 7.59. The Balaban J connectivity index is 0.915. The zero-order valence-electron chi connectivity index (χ0n) is 30.1. The first-order valence-electron chi connectivity index (χ1n) is 18.2. The maximum atomic E-state index is 12.8. The quantitative estimate of drug-likeness (QED) is 0.196. The van der Waals surface area contributed by atoms with Crippen LogP contribution >= 0.6 is 0 Å². The van der Waals surface area contributed by atoms with E-state index in [1.807, 2.05) is 60.7 Å². The average Bonchev–Trinajstić information content (AvgIpc) is 3.75. The van der Waals surface area contributed by atoms with Gasteiger partial charge in [-0.15, -0.1) is 0 Å². The van der Waals surface area contributed by atoms with Crippen molar-refractivity contribution >= 4 is 0 Å². The molecule has 2 saturated heterocycles. The molecule has 8 rings (SSSR count). The molecule has 2 unspecified atom stereocenters. The molecular weight excluding hydrogens is 669 g/mol. The molecule has 272 valence electrons. The molecule has 2 aromatic heterocycles. The molecule has 53 heavy (non-hydrogen) atoms. The van der Waals surface area contributed by atoms with Gasteiger partial charge < -0.3 is 19.3 Å². The average molecular weight is 713 g/mol. The van der Waals surface area contributed by atoms with Crippen LogP contribution in [0.5, 0.6) is 11.9 Å². The molecule has 0 radical (unpaired) electrons. The maximum absolute atomic E-state index is 12.8. The molecule has 2 atom stereocenters. The van der Waals surface area contributed by atoms with Gasteiger partial charge in [0.25, 0.3) is 11.4 Å². The van der Waals surface area contributed by atoms with Crippen molar-refractivity contribution in [1.29, 1.82) is 0 Å². The molecule has 0 saturated carbocycles. The Labute approximate surface area is 309 Å². The van der Waals surface area contributed by atoms with Crippen molar-refractivity contribution in [2.75, 3.05) is 53.4 Å². The molecule has 0 bridgehead atoms. The minimum atomic E-state index is -0.415. The summed E-state index contributed by atoms with van der Waals surface area (Å²) in [6.07, 6.45) is 0.706. The highest BCUT2D eigenvalue weighted by Crippen LogP contribution is 2.27. The second-order valence-corrected chi connectivity index (χ2v) is 14.2. The lowest BCUT2D eigenvalue weighted by molar-refractivity contribution is -0.678. The largest absolute Gasteiger partial charge is 0.539 e. The number of nitrogens with zero attached hydrogens (tertiary/aromatic N) is 8. The Hall–Kier alpha value is -5.40. The normalized spacial score (nSPS) is 19.1. The summed E-state index contributed by atoms with van der Waals surface area (Å²) in [5.74, 6) is -0.831. The number of hydrogen-bond donors (Lipinski definition) is 0.